The van der Waals surface area contributed by atoms with Gasteiger partial charge in [-0.3, -0.25) is 4.90 Å². The number of nitrogens with zero attached hydrogens (tertiary/aromatic N) is 1. The predicted octanol–water partition coefficient (Wildman–Crippen LogP) is 2.25. The van der Waals surface area contributed by atoms with Crippen LogP contribution in [0.15, 0.2) is 0 Å². The summed E-state index contributed by atoms with van der Waals surface area (Å²) < 4.78 is 0. The van der Waals surface area contributed by atoms with Gasteiger partial charge in [0.25, 0.3) is 0 Å². The second kappa shape index (κ2) is 5.05. The highest BCUT2D eigenvalue weighted by Crippen LogP contribution is 2.36. The van der Waals surface area contributed by atoms with Crippen LogP contribution in [0.2, 0.25) is 0 Å². The Morgan fingerprint density at radius 2 is 1.94 bits per heavy atom. The van der Waals surface area contributed by atoms with Gasteiger partial charge in [0.2, 0.25) is 0 Å². The van der Waals surface area contributed by atoms with Crippen LogP contribution in [0.4, 0.5) is 0 Å². The quantitative estimate of drug-likeness (QED) is 0.771. The number of likely N-dealkylation sites (tertiary alicyclic amines) is 1. The van der Waals surface area contributed by atoms with Crippen LogP contribution < -0.4 is 5.32 Å². The van der Waals surface area contributed by atoms with Crippen molar-refractivity contribution in [3.05, 3.63) is 0 Å². The van der Waals surface area contributed by atoms with E-state index in [1.54, 1.807) is 0 Å². The molecule has 1 aliphatic carbocycles. The molecule has 2 aliphatic heterocycles. The van der Waals surface area contributed by atoms with Gasteiger partial charge in [0, 0.05) is 12.6 Å². The first-order valence-electron chi connectivity index (χ1n) is 7.38. The van der Waals surface area contributed by atoms with Crippen molar-refractivity contribution in [2.24, 2.45) is 11.8 Å². The number of rotatable bonds is 2. The van der Waals surface area contributed by atoms with Crippen LogP contribution >= 0.6 is 0 Å². The highest BCUT2D eigenvalue weighted by atomic mass is 15.2. The van der Waals surface area contributed by atoms with E-state index in [4.69, 9.17) is 0 Å². The van der Waals surface area contributed by atoms with Gasteiger partial charge in [0.15, 0.2) is 0 Å². The molecular weight excluding hydrogens is 196 g/mol. The Morgan fingerprint density at radius 3 is 2.81 bits per heavy atom. The maximum Gasteiger partial charge on any atom is 0.0124 e. The molecule has 0 spiro atoms. The molecule has 1 saturated carbocycles. The standard InChI is InChI=1S/C14H26N2/c1-2-6-14-13(5-1)7-9-16(14)11-12-4-3-8-15-10-12/h12-15H,1-11H2. The minimum atomic E-state index is 0.939. The van der Waals surface area contributed by atoms with Gasteiger partial charge in [-0.25, -0.2) is 0 Å². The summed E-state index contributed by atoms with van der Waals surface area (Å²) in [6.07, 6.45) is 10.3. The van der Waals surface area contributed by atoms with Crippen molar-refractivity contribution in [1.29, 1.82) is 0 Å². The van der Waals surface area contributed by atoms with Gasteiger partial charge in [-0.1, -0.05) is 12.8 Å². The third-order valence-electron chi connectivity index (χ3n) is 5.02. The second-order valence-electron chi connectivity index (χ2n) is 6.11. The van der Waals surface area contributed by atoms with E-state index < -0.39 is 0 Å². The lowest BCUT2D eigenvalue weighted by atomic mass is 9.85. The molecule has 0 amide bonds. The summed E-state index contributed by atoms with van der Waals surface area (Å²) in [7, 11) is 0. The van der Waals surface area contributed by atoms with E-state index in [-0.39, 0.29) is 0 Å². The highest BCUT2D eigenvalue weighted by molar-refractivity contribution is 4.90. The van der Waals surface area contributed by atoms with Gasteiger partial charge >= 0.3 is 0 Å². The summed E-state index contributed by atoms with van der Waals surface area (Å²) in [6.45, 7) is 5.30. The number of piperidine rings is 1. The molecule has 3 aliphatic rings. The predicted molar refractivity (Wildman–Crippen MR) is 67.5 cm³/mol. The third-order valence-corrected chi connectivity index (χ3v) is 5.02. The van der Waals surface area contributed by atoms with Crippen LogP contribution in [0, 0.1) is 11.8 Å². The molecule has 2 nitrogen and oxygen atoms in total. The topological polar surface area (TPSA) is 15.3 Å². The first kappa shape index (κ1) is 11.0. The van der Waals surface area contributed by atoms with Crippen LogP contribution in [-0.2, 0) is 0 Å². The number of nitrogens with one attached hydrogen (secondary N) is 1. The lowest BCUT2D eigenvalue weighted by Crippen LogP contribution is -2.42. The van der Waals surface area contributed by atoms with Crippen LogP contribution in [0.5, 0.6) is 0 Å². The van der Waals surface area contributed by atoms with Crippen molar-refractivity contribution in [3.8, 4) is 0 Å². The summed E-state index contributed by atoms with van der Waals surface area (Å²) >= 11 is 0. The SMILES string of the molecule is C1CNCC(CN2CCC3CCCCC32)C1. The zero-order chi connectivity index (χ0) is 10.8. The summed E-state index contributed by atoms with van der Waals surface area (Å²) in [5.74, 6) is 2.00. The van der Waals surface area contributed by atoms with E-state index in [1.165, 1.54) is 71.1 Å². The van der Waals surface area contributed by atoms with Gasteiger partial charge in [0.1, 0.15) is 0 Å². The maximum atomic E-state index is 3.55. The second-order valence-corrected chi connectivity index (χ2v) is 6.11. The molecule has 92 valence electrons. The summed E-state index contributed by atoms with van der Waals surface area (Å²) in [4.78, 5) is 2.83. The van der Waals surface area contributed by atoms with Crippen LogP contribution in [0.1, 0.15) is 44.9 Å². The Hall–Kier alpha value is -0.0800. The van der Waals surface area contributed by atoms with E-state index in [2.05, 4.69) is 10.2 Å². The summed E-state index contributed by atoms with van der Waals surface area (Å²) in [6, 6.07) is 0.968. The molecule has 0 aromatic carbocycles. The third kappa shape index (κ3) is 2.28. The van der Waals surface area contributed by atoms with Crippen molar-refractivity contribution < 1.29 is 0 Å². The van der Waals surface area contributed by atoms with Crippen LogP contribution in [0.25, 0.3) is 0 Å². The smallest absolute Gasteiger partial charge is 0.0124 e. The van der Waals surface area contributed by atoms with Gasteiger partial charge in [-0.15, -0.1) is 0 Å². The Balaban J connectivity index is 1.54. The average molecular weight is 222 g/mol. The van der Waals surface area contributed by atoms with E-state index in [0.717, 1.165) is 17.9 Å². The molecule has 0 aromatic heterocycles. The van der Waals surface area contributed by atoms with Crippen molar-refractivity contribution >= 4 is 0 Å². The van der Waals surface area contributed by atoms with E-state index in [0.29, 0.717) is 0 Å². The minimum Gasteiger partial charge on any atom is -0.316 e. The monoisotopic (exact) mass is 222 g/mol. The normalized spacial score (nSPS) is 40.9. The fourth-order valence-corrected chi connectivity index (χ4v) is 4.14. The maximum absolute atomic E-state index is 3.55. The molecular formula is C14H26N2. The zero-order valence-electron chi connectivity index (χ0n) is 10.5. The number of hydrogen-bond acceptors (Lipinski definition) is 2. The van der Waals surface area contributed by atoms with Gasteiger partial charge in [-0.2, -0.15) is 0 Å². The molecule has 3 fully saturated rings. The molecule has 3 unspecified atom stereocenters. The molecule has 2 heteroatoms. The first-order chi connectivity index (χ1) is 7.93. The summed E-state index contributed by atoms with van der Waals surface area (Å²) in [5, 5.41) is 3.55. The average Bonchev–Trinajstić information content (AvgIpc) is 2.74. The molecule has 0 bridgehead atoms. The lowest BCUT2D eigenvalue weighted by molar-refractivity contribution is 0.149. The Labute approximate surface area is 99.8 Å². The largest absolute Gasteiger partial charge is 0.316 e. The molecule has 0 radical (unpaired) electrons. The van der Waals surface area contributed by atoms with Crippen LogP contribution in [0.3, 0.4) is 0 Å². The van der Waals surface area contributed by atoms with E-state index >= 15 is 0 Å². The van der Waals surface area contributed by atoms with Crippen molar-refractivity contribution in [3.63, 3.8) is 0 Å². The molecule has 3 rings (SSSR count). The fraction of sp³-hybridized carbons (Fsp3) is 1.00. The highest BCUT2D eigenvalue weighted by Gasteiger charge is 2.36. The first-order valence-corrected chi connectivity index (χ1v) is 7.38. The molecule has 3 atom stereocenters. The molecule has 1 N–H and O–H groups in total. The summed E-state index contributed by atoms with van der Waals surface area (Å²) in [5.41, 5.74) is 0. The molecule has 2 heterocycles. The van der Waals surface area contributed by atoms with Crippen LogP contribution in [-0.4, -0.2) is 37.1 Å². The van der Waals surface area contributed by atoms with Gasteiger partial charge in [0.05, 0.1) is 0 Å². The van der Waals surface area contributed by atoms with E-state index in [1.807, 2.05) is 0 Å². The fourth-order valence-electron chi connectivity index (χ4n) is 4.14. The van der Waals surface area contributed by atoms with E-state index in [9.17, 15) is 0 Å². The zero-order valence-corrected chi connectivity index (χ0v) is 10.5. The van der Waals surface area contributed by atoms with Gasteiger partial charge < -0.3 is 5.32 Å². The van der Waals surface area contributed by atoms with Crippen molar-refractivity contribution in [1.82, 2.24) is 10.2 Å². The Morgan fingerprint density at radius 1 is 1.00 bits per heavy atom. The lowest BCUT2D eigenvalue weighted by Gasteiger charge is -2.35. The molecule has 2 saturated heterocycles. The van der Waals surface area contributed by atoms with Crippen molar-refractivity contribution in [2.75, 3.05) is 26.2 Å². The van der Waals surface area contributed by atoms with Crippen molar-refractivity contribution in [2.45, 2.75) is 51.0 Å². The molecule has 16 heavy (non-hydrogen) atoms. The Kier molecular flexibility index (Phi) is 3.49. The Bertz CT molecular complexity index is 223. The van der Waals surface area contributed by atoms with Gasteiger partial charge in [-0.05, 0) is 63.6 Å². The minimum absolute atomic E-state index is 0.939. The number of fused-ring (bicyclic) bond motifs is 1. The number of hydrogen-bond donors (Lipinski definition) is 1. The molecule has 0 aromatic rings.